The Bertz CT molecular complexity index is 821. The molecule has 0 aromatic heterocycles. The van der Waals surface area contributed by atoms with E-state index in [9.17, 15) is 9.59 Å². The number of nitrogens with zero attached hydrogens (tertiary/aromatic N) is 1. The molecule has 1 atom stereocenters. The highest BCUT2D eigenvalue weighted by atomic mass is 16.2. The fourth-order valence-corrected chi connectivity index (χ4v) is 3.48. The van der Waals surface area contributed by atoms with Crippen molar-refractivity contribution in [3.63, 3.8) is 0 Å². The van der Waals surface area contributed by atoms with Crippen LogP contribution in [-0.2, 0) is 17.9 Å². The standard InChI is InChI=1S/C21H26N4O2/c22-12-15-4-1-6-17(10-15)21(27)24-19-8-2-5-16(11-19)13-25-9-3-7-18(14-25)20(23)26/h1-2,4-6,8,10-11,18H,3,7,9,12-14,22H2,(H2,23,26)(H,24,27). The third-order valence-electron chi connectivity index (χ3n) is 4.92. The molecule has 1 saturated heterocycles. The van der Waals surface area contributed by atoms with Crippen LogP contribution >= 0.6 is 0 Å². The van der Waals surface area contributed by atoms with E-state index < -0.39 is 0 Å². The highest BCUT2D eigenvalue weighted by Crippen LogP contribution is 2.20. The molecule has 2 aromatic rings. The van der Waals surface area contributed by atoms with Gasteiger partial charge in [0.05, 0.1) is 5.92 Å². The van der Waals surface area contributed by atoms with Crippen LogP contribution in [0.25, 0.3) is 0 Å². The van der Waals surface area contributed by atoms with Crippen LogP contribution in [0.15, 0.2) is 48.5 Å². The number of piperidine rings is 1. The van der Waals surface area contributed by atoms with Gasteiger partial charge in [-0.1, -0.05) is 24.3 Å². The number of anilines is 1. The summed E-state index contributed by atoms with van der Waals surface area (Å²) in [5, 5.41) is 2.94. The number of carbonyl (C=O) groups excluding carboxylic acids is 2. The number of amides is 2. The van der Waals surface area contributed by atoms with Gasteiger partial charge >= 0.3 is 0 Å². The Morgan fingerprint density at radius 1 is 1.11 bits per heavy atom. The van der Waals surface area contributed by atoms with Gasteiger partial charge in [-0.05, 0) is 54.8 Å². The van der Waals surface area contributed by atoms with Crippen molar-refractivity contribution in [2.75, 3.05) is 18.4 Å². The highest BCUT2D eigenvalue weighted by molar-refractivity contribution is 6.04. The number of likely N-dealkylation sites (tertiary alicyclic amines) is 1. The Kier molecular flexibility index (Phi) is 6.21. The molecule has 3 rings (SSSR count). The summed E-state index contributed by atoms with van der Waals surface area (Å²) < 4.78 is 0. The Hall–Kier alpha value is -2.70. The van der Waals surface area contributed by atoms with Gasteiger partial charge in [0.15, 0.2) is 0 Å². The van der Waals surface area contributed by atoms with Gasteiger partial charge in [0, 0.05) is 30.9 Å². The average Bonchev–Trinajstić information content (AvgIpc) is 2.68. The fraction of sp³-hybridized carbons (Fsp3) is 0.333. The molecule has 0 radical (unpaired) electrons. The Morgan fingerprint density at radius 3 is 2.67 bits per heavy atom. The van der Waals surface area contributed by atoms with E-state index in [1.807, 2.05) is 36.4 Å². The molecule has 1 aliphatic rings. The SMILES string of the molecule is NCc1cccc(C(=O)Nc2cccc(CN3CCCC(C(N)=O)C3)c2)c1. The predicted molar refractivity (Wildman–Crippen MR) is 106 cm³/mol. The zero-order valence-corrected chi connectivity index (χ0v) is 15.4. The Labute approximate surface area is 159 Å². The lowest BCUT2D eigenvalue weighted by Gasteiger charge is -2.31. The summed E-state index contributed by atoms with van der Waals surface area (Å²) in [5.74, 6) is -0.453. The highest BCUT2D eigenvalue weighted by Gasteiger charge is 2.23. The maximum Gasteiger partial charge on any atom is 0.255 e. The zero-order chi connectivity index (χ0) is 19.2. The average molecular weight is 366 g/mol. The van der Waals surface area contributed by atoms with Gasteiger partial charge < -0.3 is 16.8 Å². The van der Waals surface area contributed by atoms with E-state index in [2.05, 4.69) is 10.2 Å². The maximum atomic E-state index is 12.5. The molecule has 2 amide bonds. The number of rotatable bonds is 6. The van der Waals surface area contributed by atoms with E-state index in [0.717, 1.165) is 42.7 Å². The van der Waals surface area contributed by atoms with Crippen molar-refractivity contribution in [1.82, 2.24) is 4.90 Å². The number of nitrogens with one attached hydrogen (secondary N) is 1. The van der Waals surface area contributed by atoms with E-state index in [1.165, 1.54) is 0 Å². The van der Waals surface area contributed by atoms with Gasteiger partial charge in [0.1, 0.15) is 0 Å². The van der Waals surface area contributed by atoms with Gasteiger partial charge in [0.2, 0.25) is 5.91 Å². The van der Waals surface area contributed by atoms with Gasteiger partial charge in [-0.25, -0.2) is 0 Å². The summed E-state index contributed by atoms with van der Waals surface area (Å²) in [6.07, 6.45) is 1.84. The maximum absolute atomic E-state index is 12.5. The summed E-state index contributed by atoms with van der Waals surface area (Å²) >= 11 is 0. The van der Waals surface area contributed by atoms with Gasteiger partial charge in [0.25, 0.3) is 5.91 Å². The largest absolute Gasteiger partial charge is 0.369 e. The van der Waals surface area contributed by atoms with Gasteiger partial charge in [-0.15, -0.1) is 0 Å². The molecule has 5 N–H and O–H groups in total. The van der Waals surface area contributed by atoms with Crippen molar-refractivity contribution >= 4 is 17.5 Å². The number of primary amides is 1. The molecule has 27 heavy (non-hydrogen) atoms. The van der Waals surface area contributed by atoms with E-state index in [-0.39, 0.29) is 17.7 Å². The second-order valence-corrected chi connectivity index (χ2v) is 7.04. The normalized spacial score (nSPS) is 17.4. The fourth-order valence-electron chi connectivity index (χ4n) is 3.48. The molecule has 6 heteroatoms. The summed E-state index contributed by atoms with van der Waals surface area (Å²) in [6, 6.07) is 15.1. The van der Waals surface area contributed by atoms with Crippen LogP contribution in [0.2, 0.25) is 0 Å². The first-order valence-corrected chi connectivity index (χ1v) is 9.26. The van der Waals surface area contributed by atoms with Crippen molar-refractivity contribution in [2.24, 2.45) is 17.4 Å². The molecule has 1 unspecified atom stereocenters. The number of nitrogens with two attached hydrogens (primary N) is 2. The molecule has 0 saturated carbocycles. The lowest BCUT2D eigenvalue weighted by molar-refractivity contribution is -0.123. The Balaban J connectivity index is 1.64. The van der Waals surface area contributed by atoms with Crippen LogP contribution in [0.3, 0.4) is 0 Å². The van der Waals surface area contributed by atoms with Crippen LogP contribution in [0.5, 0.6) is 0 Å². The van der Waals surface area contributed by atoms with E-state index in [0.29, 0.717) is 18.7 Å². The van der Waals surface area contributed by atoms with E-state index in [4.69, 9.17) is 11.5 Å². The quantitative estimate of drug-likeness (QED) is 0.728. The monoisotopic (exact) mass is 366 g/mol. The lowest BCUT2D eigenvalue weighted by atomic mass is 9.97. The van der Waals surface area contributed by atoms with Gasteiger partial charge in [-0.2, -0.15) is 0 Å². The first-order chi connectivity index (χ1) is 13.0. The predicted octanol–water partition coefficient (Wildman–Crippen LogP) is 2.09. The molecular weight excluding hydrogens is 340 g/mol. The minimum atomic E-state index is -0.222. The number of carbonyl (C=O) groups is 2. The smallest absolute Gasteiger partial charge is 0.255 e. The first-order valence-electron chi connectivity index (χ1n) is 9.26. The zero-order valence-electron chi connectivity index (χ0n) is 15.4. The number of hydrogen-bond donors (Lipinski definition) is 3. The lowest BCUT2D eigenvalue weighted by Crippen LogP contribution is -2.40. The van der Waals surface area contributed by atoms with E-state index >= 15 is 0 Å². The van der Waals surface area contributed by atoms with Crippen molar-refractivity contribution in [3.05, 3.63) is 65.2 Å². The van der Waals surface area contributed by atoms with E-state index in [1.54, 1.807) is 12.1 Å². The Morgan fingerprint density at radius 2 is 1.89 bits per heavy atom. The van der Waals surface area contributed by atoms with Crippen LogP contribution < -0.4 is 16.8 Å². The first kappa shape index (κ1) is 19.1. The van der Waals surface area contributed by atoms with Crippen molar-refractivity contribution in [3.8, 4) is 0 Å². The summed E-state index contributed by atoms with van der Waals surface area (Å²) in [6.45, 7) is 2.78. The third kappa shape index (κ3) is 5.15. The van der Waals surface area contributed by atoms with Crippen LogP contribution in [-0.4, -0.2) is 29.8 Å². The molecule has 142 valence electrons. The third-order valence-corrected chi connectivity index (χ3v) is 4.92. The molecule has 1 heterocycles. The van der Waals surface area contributed by atoms with Crippen molar-refractivity contribution in [1.29, 1.82) is 0 Å². The molecule has 1 aliphatic heterocycles. The number of hydrogen-bond acceptors (Lipinski definition) is 4. The molecule has 0 bridgehead atoms. The van der Waals surface area contributed by atoms with Crippen LogP contribution in [0, 0.1) is 5.92 Å². The van der Waals surface area contributed by atoms with Crippen LogP contribution in [0.4, 0.5) is 5.69 Å². The topological polar surface area (TPSA) is 101 Å². The minimum Gasteiger partial charge on any atom is -0.369 e. The number of benzene rings is 2. The molecular formula is C21H26N4O2. The molecule has 0 aliphatic carbocycles. The summed E-state index contributed by atoms with van der Waals surface area (Å²) in [7, 11) is 0. The summed E-state index contributed by atoms with van der Waals surface area (Å²) in [4.78, 5) is 26.2. The molecule has 1 fully saturated rings. The van der Waals surface area contributed by atoms with Gasteiger partial charge in [-0.3, -0.25) is 14.5 Å². The van der Waals surface area contributed by atoms with Crippen molar-refractivity contribution in [2.45, 2.75) is 25.9 Å². The molecule has 0 spiro atoms. The molecule has 6 nitrogen and oxygen atoms in total. The van der Waals surface area contributed by atoms with Crippen LogP contribution in [0.1, 0.15) is 34.3 Å². The minimum absolute atomic E-state index is 0.0727. The summed E-state index contributed by atoms with van der Waals surface area (Å²) in [5.41, 5.74) is 14.4. The second kappa shape index (κ2) is 8.79. The molecule has 2 aromatic carbocycles. The van der Waals surface area contributed by atoms with Crippen molar-refractivity contribution < 1.29 is 9.59 Å². The second-order valence-electron chi connectivity index (χ2n) is 7.04.